The van der Waals surface area contributed by atoms with Gasteiger partial charge in [-0.2, -0.15) is 0 Å². The lowest BCUT2D eigenvalue weighted by Crippen LogP contribution is -2.37. The number of aryl methyl sites for hydroxylation is 1. The number of ether oxygens (including phenoxy) is 1. The summed E-state index contributed by atoms with van der Waals surface area (Å²) in [6.07, 6.45) is 2.30. The fourth-order valence-electron chi connectivity index (χ4n) is 2.11. The largest absolute Gasteiger partial charge is 0.376 e. The van der Waals surface area contributed by atoms with Crippen LogP contribution in [0.5, 0.6) is 0 Å². The van der Waals surface area contributed by atoms with Crippen LogP contribution in [0.15, 0.2) is 22.7 Å². The number of benzene rings is 1. The number of amides is 2. The van der Waals surface area contributed by atoms with E-state index in [0.29, 0.717) is 6.54 Å². The van der Waals surface area contributed by atoms with Crippen LogP contribution in [0, 0.1) is 6.92 Å². The average molecular weight is 327 g/mol. The van der Waals surface area contributed by atoms with Crippen molar-refractivity contribution in [2.75, 3.05) is 25.5 Å². The van der Waals surface area contributed by atoms with Crippen LogP contribution in [-0.2, 0) is 4.74 Å². The molecule has 0 unspecified atom stereocenters. The van der Waals surface area contributed by atoms with E-state index in [0.717, 1.165) is 35.2 Å². The molecule has 0 spiro atoms. The minimum Gasteiger partial charge on any atom is -0.376 e. The molecule has 0 bridgehead atoms. The zero-order chi connectivity index (χ0) is 13.8. The maximum atomic E-state index is 12.1. The van der Waals surface area contributed by atoms with Crippen LogP contribution in [0.1, 0.15) is 18.4 Å². The molecule has 1 aliphatic rings. The molecule has 4 nitrogen and oxygen atoms in total. The third-order valence-corrected chi connectivity index (χ3v) is 3.87. The molecule has 1 aliphatic heterocycles. The summed E-state index contributed by atoms with van der Waals surface area (Å²) in [4.78, 5) is 13.7. The number of nitrogens with one attached hydrogen (secondary N) is 1. The van der Waals surface area contributed by atoms with Crippen molar-refractivity contribution in [2.45, 2.75) is 25.9 Å². The van der Waals surface area contributed by atoms with Gasteiger partial charge >= 0.3 is 6.03 Å². The molecule has 1 atom stereocenters. The summed E-state index contributed by atoms with van der Waals surface area (Å²) in [6, 6.07) is 5.74. The normalized spacial score (nSPS) is 18.4. The highest BCUT2D eigenvalue weighted by Gasteiger charge is 2.20. The summed E-state index contributed by atoms with van der Waals surface area (Å²) in [7, 11) is 1.79. The number of hydrogen-bond acceptors (Lipinski definition) is 2. The van der Waals surface area contributed by atoms with Crippen LogP contribution in [0.2, 0.25) is 0 Å². The maximum Gasteiger partial charge on any atom is 0.321 e. The van der Waals surface area contributed by atoms with E-state index in [1.165, 1.54) is 0 Å². The van der Waals surface area contributed by atoms with Gasteiger partial charge in [-0.3, -0.25) is 0 Å². The molecule has 1 aromatic rings. The van der Waals surface area contributed by atoms with Crippen molar-refractivity contribution in [1.82, 2.24) is 4.90 Å². The zero-order valence-electron chi connectivity index (χ0n) is 11.3. The Balaban J connectivity index is 1.92. The average Bonchev–Trinajstić information content (AvgIpc) is 2.85. The number of carbonyl (C=O) groups is 1. The first kappa shape index (κ1) is 14.3. The Morgan fingerprint density at radius 2 is 2.37 bits per heavy atom. The first-order valence-electron chi connectivity index (χ1n) is 6.46. The fraction of sp³-hybridized carbons (Fsp3) is 0.500. The Morgan fingerprint density at radius 3 is 3.00 bits per heavy atom. The van der Waals surface area contributed by atoms with Gasteiger partial charge in [0, 0.05) is 24.7 Å². The highest BCUT2D eigenvalue weighted by molar-refractivity contribution is 9.10. The zero-order valence-corrected chi connectivity index (χ0v) is 12.9. The Labute approximate surface area is 122 Å². The van der Waals surface area contributed by atoms with Crippen molar-refractivity contribution in [3.05, 3.63) is 28.2 Å². The Morgan fingerprint density at radius 1 is 1.58 bits per heavy atom. The van der Waals surface area contributed by atoms with E-state index in [9.17, 15) is 4.79 Å². The summed E-state index contributed by atoms with van der Waals surface area (Å²) >= 11 is 3.45. The van der Waals surface area contributed by atoms with Gasteiger partial charge in [-0.1, -0.05) is 6.07 Å². The predicted molar refractivity (Wildman–Crippen MR) is 79.5 cm³/mol. The third-order valence-electron chi connectivity index (χ3n) is 3.21. The molecule has 2 rings (SSSR count). The lowest BCUT2D eigenvalue weighted by Gasteiger charge is -2.21. The van der Waals surface area contributed by atoms with Gasteiger partial charge in [0.15, 0.2) is 0 Å². The molecule has 104 valence electrons. The quantitative estimate of drug-likeness (QED) is 0.924. The molecule has 1 fully saturated rings. The maximum absolute atomic E-state index is 12.1. The van der Waals surface area contributed by atoms with Crippen LogP contribution >= 0.6 is 15.9 Å². The number of rotatable bonds is 3. The first-order chi connectivity index (χ1) is 9.06. The van der Waals surface area contributed by atoms with Gasteiger partial charge in [-0.05, 0) is 53.4 Å². The molecule has 1 aromatic carbocycles. The highest BCUT2D eigenvalue weighted by atomic mass is 79.9. The molecule has 5 heteroatoms. The number of nitrogens with zero attached hydrogens (tertiary/aromatic N) is 1. The summed E-state index contributed by atoms with van der Waals surface area (Å²) in [5.41, 5.74) is 1.94. The van der Waals surface area contributed by atoms with Gasteiger partial charge in [-0.15, -0.1) is 0 Å². The van der Waals surface area contributed by atoms with Gasteiger partial charge in [0.1, 0.15) is 0 Å². The second-order valence-corrected chi connectivity index (χ2v) is 5.78. The minimum atomic E-state index is -0.111. The third kappa shape index (κ3) is 3.94. The number of likely N-dealkylation sites (N-methyl/N-ethyl adjacent to an activating group) is 1. The van der Waals surface area contributed by atoms with Crippen molar-refractivity contribution in [3.63, 3.8) is 0 Å². The molecule has 0 radical (unpaired) electrons. The molecule has 1 saturated heterocycles. The van der Waals surface area contributed by atoms with E-state index >= 15 is 0 Å². The summed E-state index contributed by atoms with van der Waals surface area (Å²) in [6.45, 7) is 3.46. The SMILES string of the molecule is Cc1ccc(NC(=O)N(C)C[C@H]2CCCO2)c(Br)c1. The Hall–Kier alpha value is -1.07. The van der Waals surface area contributed by atoms with Gasteiger partial charge in [0.05, 0.1) is 11.8 Å². The van der Waals surface area contributed by atoms with Crippen molar-refractivity contribution in [2.24, 2.45) is 0 Å². The Kier molecular flexibility index (Phi) is 4.82. The number of anilines is 1. The second kappa shape index (κ2) is 6.39. The monoisotopic (exact) mass is 326 g/mol. The molecule has 19 heavy (non-hydrogen) atoms. The first-order valence-corrected chi connectivity index (χ1v) is 7.25. The molecule has 0 aliphatic carbocycles. The van der Waals surface area contributed by atoms with E-state index in [4.69, 9.17) is 4.74 Å². The Bertz CT molecular complexity index is 459. The molecule has 0 aromatic heterocycles. The van der Waals surface area contributed by atoms with Crippen molar-refractivity contribution >= 4 is 27.6 Å². The van der Waals surface area contributed by atoms with Crippen LogP contribution in [0.4, 0.5) is 10.5 Å². The smallest absolute Gasteiger partial charge is 0.321 e. The lowest BCUT2D eigenvalue weighted by molar-refractivity contribution is 0.0894. The van der Waals surface area contributed by atoms with Crippen molar-refractivity contribution < 1.29 is 9.53 Å². The van der Waals surface area contributed by atoms with Gasteiger partial charge in [-0.25, -0.2) is 4.79 Å². The van der Waals surface area contributed by atoms with Crippen LogP contribution < -0.4 is 5.32 Å². The lowest BCUT2D eigenvalue weighted by atomic mass is 10.2. The fourth-order valence-corrected chi connectivity index (χ4v) is 2.70. The van der Waals surface area contributed by atoms with Crippen LogP contribution in [-0.4, -0.2) is 37.2 Å². The van der Waals surface area contributed by atoms with E-state index in [2.05, 4.69) is 21.2 Å². The number of halogens is 1. The number of urea groups is 1. The summed E-state index contributed by atoms with van der Waals surface area (Å²) in [5.74, 6) is 0. The molecule has 0 saturated carbocycles. The number of hydrogen-bond donors (Lipinski definition) is 1. The van der Waals surface area contributed by atoms with E-state index in [-0.39, 0.29) is 12.1 Å². The van der Waals surface area contributed by atoms with E-state index in [1.54, 1.807) is 11.9 Å². The summed E-state index contributed by atoms with van der Waals surface area (Å²) in [5, 5.41) is 2.90. The van der Waals surface area contributed by atoms with Crippen LogP contribution in [0.25, 0.3) is 0 Å². The highest BCUT2D eigenvalue weighted by Crippen LogP contribution is 2.23. The van der Waals surface area contributed by atoms with Gasteiger partial charge in [0.25, 0.3) is 0 Å². The molecular formula is C14H19BrN2O2. The molecule has 1 N–H and O–H groups in total. The standard InChI is InChI=1S/C14H19BrN2O2/c1-10-5-6-13(12(15)8-10)16-14(18)17(2)9-11-4-3-7-19-11/h5-6,8,11H,3-4,7,9H2,1-2H3,(H,16,18)/t11-/m1/s1. The molecule has 2 amide bonds. The minimum absolute atomic E-state index is 0.111. The topological polar surface area (TPSA) is 41.6 Å². The van der Waals surface area contributed by atoms with E-state index in [1.807, 2.05) is 25.1 Å². The van der Waals surface area contributed by atoms with E-state index < -0.39 is 0 Å². The van der Waals surface area contributed by atoms with Gasteiger partial charge < -0.3 is 15.0 Å². The predicted octanol–water partition coefficient (Wildman–Crippen LogP) is 3.40. The molecular weight excluding hydrogens is 308 g/mol. The van der Waals surface area contributed by atoms with Gasteiger partial charge in [0.2, 0.25) is 0 Å². The van der Waals surface area contributed by atoms with Crippen molar-refractivity contribution in [1.29, 1.82) is 0 Å². The van der Waals surface area contributed by atoms with Crippen LogP contribution in [0.3, 0.4) is 0 Å². The summed E-state index contributed by atoms with van der Waals surface area (Å²) < 4.78 is 6.43. The van der Waals surface area contributed by atoms with Crippen molar-refractivity contribution in [3.8, 4) is 0 Å². The second-order valence-electron chi connectivity index (χ2n) is 4.93. The number of carbonyl (C=O) groups excluding carboxylic acids is 1. The molecule has 1 heterocycles.